The highest BCUT2D eigenvalue weighted by atomic mass is 16.7. The average molecular weight is 171 g/mol. The van der Waals surface area contributed by atoms with Crippen LogP contribution < -0.4 is 0 Å². The van der Waals surface area contributed by atoms with Gasteiger partial charge in [0, 0.05) is 6.92 Å². The van der Waals surface area contributed by atoms with E-state index < -0.39 is 0 Å². The van der Waals surface area contributed by atoms with Crippen molar-refractivity contribution in [3.05, 3.63) is 12.2 Å². The van der Waals surface area contributed by atoms with Crippen molar-refractivity contribution in [1.82, 2.24) is 5.06 Å². The summed E-state index contributed by atoms with van der Waals surface area (Å²) in [6.07, 6.45) is 0.771. The maximum Gasteiger partial charge on any atom is 0.243 e. The topological polar surface area (TPSA) is 29.5 Å². The van der Waals surface area contributed by atoms with Crippen molar-refractivity contribution in [3.8, 4) is 0 Å². The van der Waals surface area contributed by atoms with Crippen molar-refractivity contribution in [2.75, 3.05) is 7.11 Å². The van der Waals surface area contributed by atoms with Gasteiger partial charge in [0.25, 0.3) is 0 Å². The number of hydrogen-bond donors (Lipinski definition) is 0. The van der Waals surface area contributed by atoms with Gasteiger partial charge in [0.2, 0.25) is 5.91 Å². The highest BCUT2D eigenvalue weighted by Crippen LogP contribution is 2.09. The second-order valence-electron chi connectivity index (χ2n) is 3.04. The first-order valence-electron chi connectivity index (χ1n) is 3.97. The third-order valence-electron chi connectivity index (χ3n) is 1.55. The summed E-state index contributed by atoms with van der Waals surface area (Å²) in [6, 6.07) is 0.0602. The van der Waals surface area contributed by atoms with Crippen LogP contribution in [0.15, 0.2) is 12.2 Å². The van der Waals surface area contributed by atoms with E-state index in [4.69, 9.17) is 4.84 Å². The Morgan fingerprint density at radius 2 is 2.08 bits per heavy atom. The summed E-state index contributed by atoms with van der Waals surface area (Å²) < 4.78 is 0. The fourth-order valence-corrected chi connectivity index (χ4v) is 1.21. The summed E-state index contributed by atoms with van der Waals surface area (Å²) in [5, 5.41) is 1.36. The molecule has 0 aromatic rings. The number of rotatable bonds is 4. The summed E-state index contributed by atoms with van der Waals surface area (Å²) in [7, 11) is 1.50. The number of carbonyl (C=O) groups is 1. The molecule has 1 amide bonds. The minimum Gasteiger partial charge on any atom is -0.274 e. The Bertz CT molecular complexity index is 177. The van der Waals surface area contributed by atoms with Crippen LogP contribution in [0.25, 0.3) is 0 Å². The monoisotopic (exact) mass is 171 g/mol. The molecule has 0 spiro atoms. The number of hydrogen-bond acceptors (Lipinski definition) is 2. The van der Waals surface area contributed by atoms with Crippen molar-refractivity contribution in [2.45, 2.75) is 33.2 Å². The van der Waals surface area contributed by atoms with Crippen LogP contribution in [0, 0.1) is 0 Å². The molecule has 0 saturated heterocycles. The van der Waals surface area contributed by atoms with Crippen molar-refractivity contribution in [2.24, 2.45) is 0 Å². The van der Waals surface area contributed by atoms with Crippen LogP contribution in [-0.4, -0.2) is 24.1 Å². The lowest BCUT2D eigenvalue weighted by Crippen LogP contribution is -2.36. The molecule has 0 N–H and O–H groups in total. The zero-order valence-corrected chi connectivity index (χ0v) is 8.26. The van der Waals surface area contributed by atoms with Gasteiger partial charge in [-0.2, -0.15) is 0 Å². The number of hydroxylamine groups is 2. The minimum atomic E-state index is -0.0775. The summed E-state index contributed by atoms with van der Waals surface area (Å²) in [5.41, 5.74) is 1.05. The minimum absolute atomic E-state index is 0.0602. The molecule has 3 nitrogen and oxygen atoms in total. The van der Waals surface area contributed by atoms with Gasteiger partial charge in [-0.1, -0.05) is 5.57 Å². The van der Waals surface area contributed by atoms with E-state index >= 15 is 0 Å². The molecule has 0 fully saturated rings. The van der Waals surface area contributed by atoms with Crippen LogP contribution in [0.1, 0.15) is 27.2 Å². The van der Waals surface area contributed by atoms with E-state index in [-0.39, 0.29) is 11.9 Å². The van der Waals surface area contributed by atoms with Crippen molar-refractivity contribution in [1.29, 1.82) is 0 Å². The Balaban J connectivity index is 4.11. The molecule has 0 bridgehead atoms. The largest absolute Gasteiger partial charge is 0.274 e. The van der Waals surface area contributed by atoms with E-state index in [0.717, 1.165) is 12.0 Å². The molecule has 0 rings (SSSR count). The SMILES string of the molecule is C=C(C)CC(C)N(OC)C(C)=O. The van der Waals surface area contributed by atoms with Gasteiger partial charge in [-0.05, 0) is 20.3 Å². The van der Waals surface area contributed by atoms with Gasteiger partial charge >= 0.3 is 0 Å². The molecule has 1 atom stereocenters. The van der Waals surface area contributed by atoms with E-state index in [2.05, 4.69) is 6.58 Å². The molecule has 3 heteroatoms. The zero-order chi connectivity index (χ0) is 9.72. The highest BCUT2D eigenvalue weighted by molar-refractivity contribution is 5.72. The maximum atomic E-state index is 11.0. The van der Waals surface area contributed by atoms with E-state index in [1.165, 1.54) is 19.1 Å². The van der Waals surface area contributed by atoms with E-state index in [9.17, 15) is 4.79 Å². The molecule has 12 heavy (non-hydrogen) atoms. The molecule has 0 heterocycles. The molecule has 0 aliphatic rings. The number of carbonyl (C=O) groups excluding carboxylic acids is 1. The zero-order valence-electron chi connectivity index (χ0n) is 8.26. The number of nitrogens with zero attached hydrogens (tertiary/aromatic N) is 1. The molecule has 0 saturated carbocycles. The molecule has 0 aromatic heterocycles. The van der Waals surface area contributed by atoms with Gasteiger partial charge in [-0.25, -0.2) is 5.06 Å². The van der Waals surface area contributed by atoms with Gasteiger partial charge in [0.1, 0.15) is 0 Å². The fraction of sp³-hybridized carbons (Fsp3) is 0.667. The summed E-state index contributed by atoms with van der Waals surface area (Å²) in [6.45, 7) is 9.13. The molecule has 0 aliphatic heterocycles. The van der Waals surface area contributed by atoms with Gasteiger partial charge in [0.15, 0.2) is 0 Å². The Morgan fingerprint density at radius 3 is 2.33 bits per heavy atom. The van der Waals surface area contributed by atoms with Crippen LogP contribution in [0.2, 0.25) is 0 Å². The first-order chi connectivity index (χ1) is 5.49. The molecular formula is C9H17NO2. The molecular weight excluding hydrogens is 154 g/mol. The predicted molar refractivity (Wildman–Crippen MR) is 48.4 cm³/mol. The Labute approximate surface area is 74.0 Å². The van der Waals surface area contributed by atoms with Crippen molar-refractivity contribution < 1.29 is 9.63 Å². The molecule has 0 aromatic carbocycles. The Morgan fingerprint density at radius 1 is 1.58 bits per heavy atom. The quantitative estimate of drug-likeness (QED) is 0.476. The van der Waals surface area contributed by atoms with Crippen LogP contribution in [0.3, 0.4) is 0 Å². The standard InChI is InChI=1S/C9H17NO2/c1-7(2)6-8(3)10(12-5)9(4)11/h8H,1,6H2,2-5H3. The molecule has 0 radical (unpaired) electrons. The van der Waals surface area contributed by atoms with Gasteiger partial charge < -0.3 is 0 Å². The van der Waals surface area contributed by atoms with E-state index in [0.29, 0.717) is 0 Å². The summed E-state index contributed by atoms with van der Waals surface area (Å²) in [5.74, 6) is -0.0775. The summed E-state index contributed by atoms with van der Waals surface area (Å²) >= 11 is 0. The first-order valence-corrected chi connectivity index (χ1v) is 3.97. The second-order valence-corrected chi connectivity index (χ2v) is 3.04. The van der Waals surface area contributed by atoms with E-state index in [1.54, 1.807) is 0 Å². The van der Waals surface area contributed by atoms with Gasteiger partial charge in [-0.15, -0.1) is 6.58 Å². The Hall–Kier alpha value is -0.830. The lowest BCUT2D eigenvalue weighted by Gasteiger charge is -2.25. The molecule has 1 unspecified atom stereocenters. The van der Waals surface area contributed by atoms with Crippen LogP contribution in [0.5, 0.6) is 0 Å². The predicted octanol–water partition coefficient (Wildman–Crippen LogP) is 1.75. The normalized spacial score (nSPS) is 12.3. The molecule has 0 aliphatic carbocycles. The smallest absolute Gasteiger partial charge is 0.243 e. The Kier molecular flexibility index (Phi) is 4.59. The molecule has 70 valence electrons. The average Bonchev–Trinajstić information content (AvgIpc) is 1.85. The van der Waals surface area contributed by atoms with Crippen molar-refractivity contribution in [3.63, 3.8) is 0 Å². The van der Waals surface area contributed by atoms with Crippen molar-refractivity contribution >= 4 is 5.91 Å². The lowest BCUT2D eigenvalue weighted by atomic mass is 10.1. The second kappa shape index (κ2) is 4.93. The van der Waals surface area contributed by atoms with Gasteiger partial charge in [0.05, 0.1) is 13.2 Å². The van der Waals surface area contributed by atoms with Crippen LogP contribution in [0.4, 0.5) is 0 Å². The highest BCUT2D eigenvalue weighted by Gasteiger charge is 2.15. The first kappa shape index (κ1) is 11.2. The maximum absolute atomic E-state index is 11.0. The van der Waals surface area contributed by atoms with Crippen LogP contribution >= 0.6 is 0 Å². The summed E-state index contributed by atoms with van der Waals surface area (Å²) in [4.78, 5) is 15.9. The third-order valence-corrected chi connectivity index (χ3v) is 1.55. The van der Waals surface area contributed by atoms with Gasteiger partial charge in [-0.3, -0.25) is 9.63 Å². The number of amides is 1. The third kappa shape index (κ3) is 3.53. The van der Waals surface area contributed by atoms with E-state index in [1.807, 2.05) is 13.8 Å². The lowest BCUT2D eigenvalue weighted by molar-refractivity contribution is -0.184. The fourth-order valence-electron chi connectivity index (χ4n) is 1.21. The van der Waals surface area contributed by atoms with Crippen LogP contribution in [-0.2, 0) is 9.63 Å².